The first-order chi connectivity index (χ1) is 6.99. The van der Waals surface area contributed by atoms with Crippen molar-refractivity contribution in [2.75, 3.05) is 6.61 Å². The van der Waals surface area contributed by atoms with E-state index in [9.17, 15) is 13.2 Å². The van der Waals surface area contributed by atoms with Gasteiger partial charge < -0.3 is 4.74 Å². The molecule has 1 heterocycles. The maximum absolute atomic E-state index is 12.8. The fourth-order valence-electron chi connectivity index (χ4n) is 1.13. The highest BCUT2D eigenvalue weighted by Crippen LogP contribution is 2.48. The molecule has 0 bridgehead atoms. The minimum atomic E-state index is -2.63. The van der Waals surface area contributed by atoms with Crippen molar-refractivity contribution in [2.24, 2.45) is 5.92 Å². The summed E-state index contributed by atoms with van der Waals surface area (Å²) in [5.74, 6) is -4.01. The van der Waals surface area contributed by atoms with Crippen LogP contribution in [0, 0.1) is 11.7 Å². The Hall–Kier alpha value is -0.970. The molecule has 1 aliphatic rings. The highest BCUT2D eigenvalue weighted by molar-refractivity contribution is 6.29. The number of hydrogen-bond acceptors (Lipinski definition) is 2. The van der Waals surface area contributed by atoms with Crippen molar-refractivity contribution in [3.05, 3.63) is 23.2 Å². The highest BCUT2D eigenvalue weighted by atomic mass is 35.5. The number of aromatic nitrogens is 1. The second-order valence-electron chi connectivity index (χ2n) is 3.42. The van der Waals surface area contributed by atoms with Crippen LogP contribution < -0.4 is 4.74 Å². The minimum absolute atomic E-state index is 0.111. The fraction of sp³-hybridized carbons (Fsp3) is 0.444. The Morgan fingerprint density at radius 1 is 1.60 bits per heavy atom. The molecule has 0 aromatic carbocycles. The van der Waals surface area contributed by atoms with Gasteiger partial charge in [-0.15, -0.1) is 0 Å². The van der Waals surface area contributed by atoms with Crippen LogP contribution in [0.25, 0.3) is 0 Å². The predicted octanol–water partition coefficient (Wildman–Crippen LogP) is 2.91. The van der Waals surface area contributed by atoms with Gasteiger partial charge in [0.25, 0.3) is 5.92 Å². The molecule has 1 aromatic rings. The Balaban J connectivity index is 1.92. The van der Waals surface area contributed by atoms with E-state index < -0.39 is 17.7 Å². The molecular weight excluding hydrogens is 231 g/mol. The SMILES string of the molecule is Fc1cc(OCC2CC2(F)F)cnc1Cl. The largest absolute Gasteiger partial charge is 0.491 e. The molecule has 82 valence electrons. The van der Waals surface area contributed by atoms with Crippen molar-refractivity contribution in [3.63, 3.8) is 0 Å². The van der Waals surface area contributed by atoms with Crippen LogP contribution in [0.1, 0.15) is 6.42 Å². The second kappa shape index (κ2) is 3.56. The first-order valence-electron chi connectivity index (χ1n) is 4.31. The highest BCUT2D eigenvalue weighted by Gasteiger charge is 2.57. The summed E-state index contributed by atoms with van der Waals surface area (Å²) in [7, 11) is 0. The fourth-order valence-corrected chi connectivity index (χ4v) is 1.23. The first-order valence-corrected chi connectivity index (χ1v) is 4.68. The van der Waals surface area contributed by atoms with E-state index in [0.29, 0.717) is 0 Å². The van der Waals surface area contributed by atoms with Crippen LogP contribution in [-0.2, 0) is 0 Å². The monoisotopic (exact) mass is 237 g/mol. The smallest absolute Gasteiger partial charge is 0.255 e. The molecule has 0 saturated heterocycles. The lowest BCUT2D eigenvalue weighted by Gasteiger charge is -2.05. The van der Waals surface area contributed by atoms with Gasteiger partial charge in [0.05, 0.1) is 18.7 Å². The van der Waals surface area contributed by atoms with Gasteiger partial charge in [0, 0.05) is 12.5 Å². The molecule has 6 heteroatoms. The quantitative estimate of drug-likeness (QED) is 0.754. The van der Waals surface area contributed by atoms with E-state index in [4.69, 9.17) is 16.3 Å². The summed E-state index contributed by atoms with van der Waals surface area (Å²) in [4.78, 5) is 3.49. The number of pyridine rings is 1. The third-order valence-corrected chi connectivity index (χ3v) is 2.46. The standard InChI is InChI=1S/C9H7ClF3NO/c10-8-7(11)1-6(3-14-8)15-4-5-2-9(5,12)13/h1,3,5H,2,4H2. The summed E-state index contributed by atoms with van der Waals surface area (Å²) >= 11 is 5.34. The summed E-state index contributed by atoms with van der Waals surface area (Å²) in [5, 5.41) is -0.265. The van der Waals surface area contributed by atoms with E-state index >= 15 is 0 Å². The van der Waals surface area contributed by atoms with Crippen LogP contribution >= 0.6 is 11.6 Å². The number of alkyl halides is 2. The molecule has 0 N–H and O–H groups in total. The maximum atomic E-state index is 12.8. The zero-order valence-corrected chi connectivity index (χ0v) is 8.27. The Morgan fingerprint density at radius 2 is 2.27 bits per heavy atom. The average Bonchev–Trinajstić information content (AvgIpc) is 2.77. The van der Waals surface area contributed by atoms with Crippen LogP contribution in [-0.4, -0.2) is 17.5 Å². The Labute approximate surface area is 89.0 Å². The zero-order valence-electron chi connectivity index (χ0n) is 7.51. The molecule has 1 aromatic heterocycles. The lowest BCUT2D eigenvalue weighted by atomic mass is 10.4. The van der Waals surface area contributed by atoms with Crippen LogP contribution in [0.4, 0.5) is 13.2 Å². The molecule has 1 atom stereocenters. The van der Waals surface area contributed by atoms with Gasteiger partial charge in [0.2, 0.25) is 0 Å². The van der Waals surface area contributed by atoms with E-state index in [1.807, 2.05) is 0 Å². The summed E-state index contributed by atoms with van der Waals surface area (Å²) in [6.07, 6.45) is 1.03. The summed E-state index contributed by atoms with van der Waals surface area (Å²) in [6.45, 7) is -0.129. The molecule has 1 saturated carbocycles. The molecule has 0 spiro atoms. The van der Waals surface area contributed by atoms with Crippen LogP contribution in [0.2, 0.25) is 5.15 Å². The van der Waals surface area contributed by atoms with E-state index in [0.717, 1.165) is 6.07 Å². The molecule has 0 aliphatic heterocycles. The van der Waals surface area contributed by atoms with Crippen molar-refractivity contribution in [1.29, 1.82) is 0 Å². The first kappa shape index (κ1) is 10.5. The summed E-state index contributed by atoms with van der Waals surface area (Å²) < 4.78 is 42.7. The van der Waals surface area contributed by atoms with Gasteiger partial charge in [-0.2, -0.15) is 0 Å². The van der Waals surface area contributed by atoms with Crippen molar-refractivity contribution < 1.29 is 17.9 Å². The maximum Gasteiger partial charge on any atom is 0.255 e. The van der Waals surface area contributed by atoms with Gasteiger partial charge in [0.15, 0.2) is 11.0 Å². The second-order valence-corrected chi connectivity index (χ2v) is 3.77. The van der Waals surface area contributed by atoms with Crippen LogP contribution in [0.15, 0.2) is 12.3 Å². The molecule has 1 fully saturated rings. The molecule has 1 unspecified atom stereocenters. The van der Waals surface area contributed by atoms with Crippen molar-refractivity contribution in [2.45, 2.75) is 12.3 Å². The number of halogens is 4. The summed E-state index contributed by atoms with van der Waals surface area (Å²) in [5.41, 5.74) is 0. The lowest BCUT2D eigenvalue weighted by molar-refractivity contribution is 0.0855. The zero-order chi connectivity index (χ0) is 11.1. The van der Waals surface area contributed by atoms with Crippen LogP contribution in [0.5, 0.6) is 5.75 Å². The number of rotatable bonds is 3. The molecule has 0 radical (unpaired) electrons. The number of ether oxygens (including phenoxy) is 1. The van der Waals surface area contributed by atoms with Gasteiger partial charge >= 0.3 is 0 Å². The van der Waals surface area contributed by atoms with Crippen molar-refractivity contribution >= 4 is 11.6 Å². The van der Waals surface area contributed by atoms with Crippen LogP contribution in [0.3, 0.4) is 0 Å². The van der Waals surface area contributed by atoms with Gasteiger partial charge in [-0.25, -0.2) is 18.2 Å². The lowest BCUT2D eigenvalue weighted by Crippen LogP contribution is -2.06. The third-order valence-electron chi connectivity index (χ3n) is 2.18. The molecule has 1 aliphatic carbocycles. The molecular formula is C9H7ClF3NO. The number of hydrogen-bond donors (Lipinski definition) is 0. The van der Waals surface area contributed by atoms with E-state index in [2.05, 4.69) is 4.98 Å². The minimum Gasteiger partial charge on any atom is -0.491 e. The Bertz CT molecular complexity index is 386. The Morgan fingerprint density at radius 3 is 2.80 bits per heavy atom. The Kier molecular flexibility index (Phi) is 2.50. The molecule has 15 heavy (non-hydrogen) atoms. The molecule has 0 amide bonds. The normalized spacial score (nSPS) is 22.5. The van der Waals surface area contributed by atoms with Crippen molar-refractivity contribution in [3.8, 4) is 5.75 Å². The van der Waals surface area contributed by atoms with E-state index in [1.165, 1.54) is 6.20 Å². The average molecular weight is 238 g/mol. The van der Waals surface area contributed by atoms with Gasteiger partial charge in [-0.1, -0.05) is 11.6 Å². The van der Waals surface area contributed by atoms with Gasteiger partial charge in [-0.3, -0.25) is 0 Å². The third kappa shape index (κ3) is 2.34. The number of nitrogens with zero attached hydrogens (tertiary/aromatic N) is 1. The van der Waals surface area contributed by atoms with Gasteiger partial charge in [-0.05, 0) is 0 Å². The molecule has 2 rings (SSSR count). The van der Waals surface area contributed by atoms with E-state index in [1.54, 1.807) is 0 Å². The van der Waals surface area contributed by atoms with Crippen molar-refractivity contribution in [1.82, 2.24) is 4.98 Å². The molecule has 2 nitrogen and oxygen atoms in total. The van der Waals surface area contributed by atoms with Gasteiger partial charge in [0.1, 0.15) is 5.75 Å². The van der Waals surface area contributed by atoms with E-state index in [-0.39, 0.29) is 23.9 Å². The topological polar surface area (TPSA) is 22.1 Å². The summed E-state index contributed by atoms with van der Waals surface area (Å²) in [6, 6.07) is 1.02. The predicted molar refractivity (Wildman–Crippen MR) is 47.8 cm³/mol.